The number of benzene rings is 2. The van der Waals surface area contributed by atoms with Crippen LogP contribution >= 0.6 is 23.2 Å². The van der Waals surface area contributed by atoms with E-state index in [4.69, 9.17) is 23.2 Å². The molecule has 0 aliphatic carbocycles. The fourth-order valence-corrected chi connectivity index (χ4v) is 4.61. The molecular formula is C28H22Cl2N4O2. The number of rotatable bonds is 5. The lowest BCUT2D eigenvalue weighted by atomic mass is 10.0. The molecule has 2 aromatic carbocycles. The molecule has 6 nitrogen and oxygen atoms in total. The van der Waals surface area contributed by atoms with Gasteiger partial charge in [-0.3, -0.25) is 14.6 Å². The number of aryl methyl sites for hydroxylation is 2. The molecule has 0 unspecified atom stereocenters. The Morgan fingerprint density at radius 1 is 1.06 bits per heavy atom. The molecule has 3 heterocycles. The summed E-state index contributed by atoms with van der Waals surface area (Å²) in [5.74, 6) is -0.468. The van der Waals surface area contributed by atoms with Crippen molar-refractivity contribution in [3.8, 4) is 0 Å². The number of amides is 2. The van der Waals surface area contributed by atoms with Crippen LogP contribution in [0.15, 0.2) is 66.9 Å². The number of aromatic amines is 1. The molecular weight excluding hydrogens is 495 g/mol. The van der Waals surface area contributed by atoms with Gasteiger partial charge < -0.3 is 15.2 Å². The first-order chi connectivity index (χ1) is 17.3. The topological polar surface area (TPSA) is 78.1 Å². The molecule has 180 valence electrons. The summed E-state index contributed by atoms with van der Waals surface area (Å²) in [6.45, 7) is 4.29. The number of hydrogen-bond acceptors (Lipinski definition) is 3. The summed E-state index contributed by atoms with van der Waals surface area (Å²) in [6, 6.07) is 18.0. The zero-order chi connectivity index (χ0) is 25.4. The van der Waals surface area contributed by atoms with E-state index in [1.807, 2.05) is 44.2 Å². The van der Waals surface area contributed by atoms with Crippen molar-refractivity contribution in [2.45, 2.75) is 20.4 Å². The van der Waals surface area contributed by atoms with Gasteiger partial charge in [0, 0.05) is 28.8 Å². The van der Waals surface area contributed by atoms with Crippen molar-refractivity contribution >= 4 is 58.0 Å². The van der Waals surface area contributed by atoms with Gasteiger partial charge in [0.05, 0.1) is 27.9 Å². The quantitative estimate of drug-likeness (QED) is 0.290. The van der Waals surface area contributed by atoms with Crippen LogP contribution in [0.1, 0.15) is 38.6 Å². The summed E-state index contributed by atoms with van der Waals surface area (Å²) in [5.41, 5.74) is 6.64. The summed E-state index contributed by atoms with van der Waals surface area (Å²) in [6.07, 6.45) is 3.43. The molecule has 4 aromatic rings. The van der Waals surface area contributed by atoms with Crippen LogP contribution in [0.3, 0.4) is 0 Å². The van der Waals surface area contributed by atoms with Gasteiger partial charge in [0.15, 0.2) is 0 Å². The van der Waals surface area contributed by atoms with E-state index >= 15 is 0 Å². The highest BCUT2D eigenvalue weighted by Crippen LogP contribution is 2.41. The fraction of sp³-hybridized carbons (Fsp3) is 0.107. The normalized spacial score (nSPS) is 13.8. The van der Waals surface area contributed by atoms with Gasteiger partial charge in [0.2, 0.25) is 0 Å². The van der Waals surface area contributed by atoms with Crippen molar-refractivity contribution in [2.75, 3.05) is 10.2 Å². The highest BCUT2D eigenvalue weighted by Gasteiger charge is 2.33. The number of pyridine rings is 1. The van der Waals surface area contributed by atoms with Crippen molar-refractivity contribution in [3.63, 3.8) is 0 Å². The molecule has 1 aliphatic heterocycles. The summed E-state index contributed by atoms with van der Waals surface area (Å²) >= 11 is 12.3. The molecule has 36 heavy (non-hydrogen) atoms. The Bertz CT molecular complexity index is 1530. The predicted molar refractivity (Wildman–Crippen MR) is 144 cm³/mol. The Kier molecular flexibility index (Phi) is 6.39. The number of carbonyl (C=O) groups is 2. The van der Waals surface area contributed by atoms with Crippen LogP contribution in [0.4, 0.5) is 11.4 Å². The molecule has 0 bridgehead atoms. The van der Waals surface area contributed by atoms with Gasteiger partial charge in [-0.05, 0) is 79.6 Å². The number of halogens is 2. The Hall–Kier alpha value is -3.87. The molecule has 0 radical (unpaired) electrons. The summed E-state index contributed by atoms with van der Waals surface area (Å²) in [5, 5.41) is 3.77. The number of nitrogens with one attached hydrogen (secondary N) is 2. The molecule has 1 aliphatic rings. The smallest absolute Gasteiger partial charge is 0.274 e. The van der Waals surface area contributed by atoms with E-state index in [0.717, 1.165) is 33.8 Å². The Morgan fingerprint density at radius 2 is 1.89 bits per heavy atom. The van der Waals surface area contributed by atoms with Gasteiger partial charge in [-0.1, -0.05) is 35.3 Å². The second-order valence-electron chi connectivity index (χ2n) is 8.65. The first kappa shape index (κ1) is 23.9. The second kappa shape index (κ2) is 9.64. The minimum absolute atomic E-state index is 0.143. The third kappa shape index (κ3) is 4.65. The number of carbonyl (C=O) groups excluding carboxylic acids is 2. The minimum atomic E-state index is -0.325. The second-order valence-corrected chi connectivity index (χ2v) is 9.46. The summed E-state index contributed by atoms with van der Waals surface area (Å²) in [7, 11) is 0. The molecule has 0 spiro atoms. The van der Waals surface area contributed by atoms with Crippen molar-refractivity contribution in [3.05, 3.63) is 111 Å². The lowest BCUT2D eigenvalue weighted by Crippen LogP contribution is -2.25. The van der Waals surface area contributed by atoms with Gasteiger partial charge in [-0.15, -0.1) is 0 Å². The number of hydrogen-bond donors (Lipinski definition) is 2. The van der Waals surface area contributed by atoms with E-state index in [0.29, 0.717) is 33.5 Å². The number of aromatic nitrogens is 2. The number of H-pyrrole nitrogens is 1. The Morgan fingerprint density at radius 3 is 2.58 bits per heavy atom. The number of fused-ring (bicyclic) bond motifs is 1. The summed E-state index contributed by atoms with van der Waals surface area (Å²) in [4.78, 5) is 35.5. The van der Waals surface area contributed by atoms with Gasteiger partial charge in [0.25, 0.3) is 11.8 Å². The highest BCUT2D eigenvalue weighted by atomic mass is 35.5. The molecule has 2 N–H and O–H groups in total. The van der Waals surface area contributed by atoms with E-state index in [1.165, 1.54) is 0 Å². The van der Waals surface area contributed by atoms with Gasteiger partial charge in [0.1, 0.15) is 5.69 Å². The van der Waals surface area contributed by atoms with Crippen LogP contribution in [0.5, 0.6) is 0 Å². The zero-order valence-electron chi connectivity index (χ0n) is 19.6. The van der Waals surface area contributed by atoms with E-state index < -0.39 is 0 Å². The van der Waals surface area contributed by atoms with E-state index in [9.17, 15) is 9.59 Å². The zero-order valence-corrected chi connectivity index (χ0v) is 21.1. The van der Waals surface area contributed by atoms with Crippen molar-refractivity contribution in [1.82, 2.24) is 9.97 Å². The Labute approximate surface area is 218 Å². The molecule has 2 aromatic heterocycles. The number of nitrogens with zero attached hydrogens (tertiary/aromatic N) is 2. The van der Waals surface area contributed by atoms with Crippen molar-refractivity contribution < 1.29 is 9.59 Å². The van der Waals surface area contributed by atoms with Crippen LogP contribution < -0.4 is 10.2 Å². The molecule has 0 fully saturated rings. The molecule has 0 atom stereocenters. The highest BCUT2D eigenvalue weighted by molar-refractivity contribution is 6.42. The van der Waals surface area contributed by atoms with Crippen LogP contribution in [-0.4, -0.2) is 21.8 Å². The van der Waals surface area contributed by atoms with Crippen molar-refractivity contribution in [1.29, 1.82) is 0 Å². The molecule has 0 saturated carbocycles. The maximum absolute atomic E-state index is 13.7. The third-order valence-electron chi connectivity index (χ3n) is 6.01. The minimum Gasteiger partial charge on any atom is -0.359 e. The van der Waals surface area contributed by atoms with Crippen LogP contribution in [0.2, 0.25) is 10.0 Å². The average molecular weight is 517 g/mol. The first-order valence-corrected chi connectivity index (χ1v) is 12.1. The van der Waals surface area contributed by atoms with Gasteiger partial charge in [-0.2, -0.15) is 0 Å². The summed E-state index contributed by atoms with van der Waals surface area (Å²) < 4.78 is 0. The lowest BCUT2D eigenvalue weighted by molar-refractivity contribution is -0.113. The van der Waals surface area contributed by atoms with Gasteiger partial charge >= 0.3 is 0 Å². The van der Waals surface area contributed by atoms with Crippen LogP contribution in [-0.2, 0) is 11.3 Å². The standard InChI is InChI=1S/C28H22Cl2N4O2/c1-16-11-17(2)32-25(16)14-21-20-13-19(33-27(35)24-5-3-4-10-31-24)7-9-26(20)34(28(21)36)15-18-6-8-22(29)23(30)12-18/h3-14,32H,15H2,1-2H3,(H,33,35)/b21-14-. The molecule has 5 rings (SSSR count). The SMILES string of the molecule is Cc1cc(C)c(/C=C2\C(=O)N(Cc3ccc(Cl)c(Cl)c3)c3ccc(NC(=O)c4ccccn4)cc32)[nH]1. The van der Waals surface area contributed by atoms with E-state index in [-0.39, 0.29) is 11.8 Å². The third-order valence-corrected chi connectivity index (χ3v) is 6.75. The fourth-order valence-electron chi connectivity index (χ4n) is 4.29. The maximum atomic E-state index is 13.7. The van der Waals surface area contributed by atoms with E-state index in [2.05, 4.69) is 15.3 Å². The largest absolute Gasteiger partial charge is 0.359 e. The first-order valence-electron chi connectivity index (χ1n) is 11.3. The lowest BCUT2D eigenvalue weighted by Gasteiger charge is -2.18. The van der Waals surface area contributed by atoms with Gasteiger partial charge in [-0.25, -0.2) is 0 Å². The van der Waals surface area contributed by atoms with Crippen molar-refractivity contribution in [2.24, 2.45) is 0 Å². The van der Waals surface area contributed by atoms with E-state index in [1.54, 1.807) is 47.5 Å². The number of anilines is 2. The molecule has 8 heteroatoms. The average Bonchev–Trinajstić information content (AvgIpc) is 3.32. The Balaban J connectivity index is 1.54. The monoisotopic (exact) mass is 516 g/mol. The predicted octanol–water partition coefficient (Wildman–Crippen LogP) is 6.67. The van der Waals surface area contributed by atoms with Crippen LogP contribution in [0, 0.1) is 13.8 Å². The van der Waals surface area contributed by atoms with Crippen LogP contribution in [0.25, 0.3) is 11.6 Å². The maximum Gasteiger partial charge on any atom is 0.274 e. The molecule has 0 saturated heterocycles. The molecule has 2 amide bonds.